The van der Waals surface area contributed by atoms with Crippen LogP contribution in [0.3, 0.4) is 0 Å². The van der Waals surface area contributed by atoms with E-state index in [0.29, 0.717) is 25.2 Å². The molecule has 0 atom stereocenters. The second-order valence-corrected chi connectivity index (χ2v) is 9.03. The summed E-state index contributed by atoms with van der Waals surface area (Å²) in [6.07, 6.45) is 7.23. The van der Waals surface area contributed by atoms with Gasteiger partial charge in [0.25, 0.3) is 0 Å². The minimum Gasteiger partial charge on any atom is -0.352 e. The molecule has 0 radical (unpaired) electrons. The quantitative estimate of drug-likeness (QED) is 0.887. The lowest BCUT2D eigenvalue weighted by Gasteiger charge is -2.35. The number of fused-ring (bicyclic) bond motifs is 1. The maximum Gasteiger partial charge on any atom is 0.234 e. The van der Waals surface area contributed by atoms with Crippen LogP contribution >= 0.6 is 0 Å². The molecule has 2 aliphatic heterocycles. The summed E-state index contributed by atoms with van der Waals surface area (Å²) in [5.74, 6) is -0.170. The van der Waals surface area contributed by atoms with Gasteiger partial charge < -0.3 is 14.8 Å². The molecule has 0 unspecified atom stereocenters. The topological polar surface area (TPSA) is 50.8 Å². The summed E-state index contributed by atoms with van der Waals surface area (Å²) >= 11 is 0. The predicted molar refractivity (Wildman–Crippen MR) is 102 cm³/mol. The van der Waals surface area contributed by atoms with E-state index in [-0.39, 0.29) is 17.7 Å². The second-order valence-electron chi connectivity index (χ2n) is 9.03. The second kappa shape index (κ2) is 6.87. The van der Waals surface area contributed by atoms with Crippen LogP contribution in [0.15, 0.2) is 24.3 Å². The molecule has 2 heterocycles. The van der Waals surface area contributed by atoms with Crippen LogP contribution in [-0.2, 0) is 27.1 Å². The van der Waals surface area contributed by atoms with Crippen molar-refractivity contribution >= 4 is 5.91 Å². The van der Waals surface area contributed by atoms with E-state index in [1.807, 2.05) is 0 Å². The Morgan fingerprint density at radius 2 is 1.74 bits per heavy atom. The third-order valence-corrected chi connectivity index (χ3v) is 7.06. The van der Waals surface area contributed by atoms with Crippen molar-refractivity contribution in [1.82, 2.24) is 10.2 Å². The summed E-state index contributed by atoms with van der Waals surface area (Å²) in [4.78, 5) is 14.9. The molecule has 1 amide bonds. The number of benzene rings is 1. The Morgan fingerprint density at radius 3 is 2.41 bits per heavy atom. The van der Waals surface area contributed by atoms with E-state index in [1.54, 1.807) is 0 Å². The summed E-state index contributed by atoms with van der Waals surface area (Å²) in [7, 11) is 0. The SMILES string of the molecule is O=C(CN1CCC2(Cc3ccccc3C2)C1)NC1CCC2(CC1)OCCO2. The maximum absolute atomic E-state index is 12.6. The summed E-state index contributed by atoms with van der Waals surface area (Å²) in [5.41, 5.74) is 3.38. The van der Waals surface area contributed by atoms with Crippen LogP contribution in [0.25, 0.3) is 0 Å². The van der Waals surface area contributed by atoms with Gasteiger partial charge in [0, 0.05) is 25.4 Å². The highest BCUT2D eigenvalue weighted by atomic mass is 16.7. The average Bonchev–Trinajstić information content (AvgIpc) is 3.36. The van der Waals surface area contributed by atoms with Gasteiger partial charge in [0.2, 0.25) is 5.91 Å². The van der Waals surface area contributed by atoms with Crippen LogP contribution in [0.5, 0.6) is 0 Å². The van der Waals surface area contributed by atoms with Crippen molar-refractivity contribution in [1.29, 1.82) is 0 Å². The van der Waals surface area contributed by atoms with Crippen molar-refractivity contribution in [3.05, 3.63) is 35.4 Å². The molecule has 1 N–H and O–H groups in total. The molecule has 1 saturated carbocycles. The van der Waals surface area contributed by atoms with E-state index in [2.05, 4.69) is 34.5 Å². The highest BCUT2D eigenvalue weighted by Crippen LogP contribution is 2.43. The number of amides is 1. The molecule has 4 aliphatic rings. The minimum absolute atomic E-state index is 0.178. The number of rotatable bonds is 3. The molecule has 0 bridgehead atoms. The zero-order valence-electron chi connectivity index (χ0n) is 16.0. The zero-order valence-corrected chi connectivity index (χ0v) is 16.0. The number of nitrogens with one attached hydrogen (secondary N) is 1. The summed E-state index contributed by atoms with van der Waals surface area (Å²) < 4.78 is 11.6. The first kappa shape index (κ1) is 17.7. The van der Waals surface area contributed by atoms with E-state index in [0.717, 1.165) is 38.8 Å². The van der Waals surface area contributed by atoms with E-state index in [1.165, 1.54) is 30.4 Å². The lowest BCUT2D eigenvalue weighted by molar-refractivity contribution is -0.180. The molecule has 1 aromatic carbocycles. The average molecular weight is 370 g/mol. The Morgan fingerprint density at radius 1 is 1.07 bits per heavy atom. The van der Waals surface area contributed by atoms with Crippen LogP contribution < -0.4 is 5.32 Å². The van der Waals surface area contributed by atoms with E-state index in [4.69, 9.17) is 9.47 Å². The standard InChI is InChI=1S/C22H30N2O3/c25-20(23-19-5-7-22(8-6-19)26-11-12-27-22)15-24-10-9-21(16-24)13-17-3-1-2-4-18(17)14-21/h1-4,19H,5-16H2,(H,23,25). The molecule has 0 aromatic heterocycles. The van der Waals surface area contributed by atoms with Gasteiger partial charge in [0.15, 0.2) is 5.79 Å². The van der Waals surface area contributed by atoms with Crippen molar-refractivity contribution in [2.75, 3.05) is 32.8 Å². The number of likely N-dealkylation sites (tertiary alicyclic amines) is 1. The molecule has 5 nitrogen and oxygen atoms in total. The Balaban J connectivity index is 1.10. The van der Waals surface area contributed by atoms with E-state index < -0.39 is 0 Å². The summed E-state index contributed by atoms with van der Waals surface area (Å²) in [6.45, 7) is 4.03. The molecule has 27 heavy (non-hydrogen) atoms. The van der Waals surface area contributed by atoms with Crippen LogP contribution in [0.2, 0.25) is 0 Å². The van der Waals surface area contributed by atoms with E-state index >= 15 is 0 Å². The van der Waals surface area contributed by atoms with Crippen molar-refractivity contribution < 1.29 is 14.3 Å². The fraction of sp³-hybridized carbons (Fsp3) is 0.682. The number of nitrogens with zero attached hydrogens (tertiary/aromatic N) is 1. The first-order chi connectivity index (χ1) is 13.1. The number of hydrogen-bond acceptors (Lipinski definition) is 4. The number of hydrogen-bond donors (Lipinski definition) is 1. The fourth-order valence-corrected chi connectivity index (χ4v) is 5.69. The normalized spacial score (nSPS) is 26.7. The van der Waals surface area contributed by atoms with Crippen LogP contribution in [0.4, 0.5) is 0 Å². The smallest absolute Gasteiger partial charge is 0.234 e. The molecule has 2 aliphatic carbocycles. The number of ether oxygens (including phenoxy) is 2. The first-order valence-corrected chi connectivity index (χ1v) is 10.5. The summed E-state index contributed by atoms with van der Waals surface area (Å²) in [5, 5.41) is 3.26. The molecule has 5 heteroatoms. The van der Waals surface area contributed by atoms with Gasteiger partial charge >= 0.3 is 0 Å². The Labute approximate surface area is 161 Å². The van der Waals surface area contributed by atoms with E-state index in [9.17, 15) is 4.79 Å². The lowest BCUT2D eigenvalue weighted by atomic mass is 9.84. The predicted octanol–water partition coefficient (Wildman–Crippen LogP) is 2.28. The van der Waals surface area contributed by atoms with Crippen molar-refractivity contribution in [3.8, 4) is 0 Å². The van der Waals surface area contributed by atoms with Crippen LogP contribution in [0, 0.1) is 5.41 Å². The summed E-state index contributed by atoms with van der Waals surface area (Å²) in [6, 6.07) is 9.10. The molecule has 3 fully saturated rings. The van der Waals surface area contributed by atoms with Gasteiger partial charge in [-0.05, 0) is 55.2 Å². The largest absolute Gasteiger partial charge is 0.352 e. The monoisotopic (exact) mass is 370 g/mol. The number of carbonyl (C=O) groups excluding carboxylic acids is 1. The Kier molecular flexibility index (Phi) is 4.49. The third kappa shape index (κ3) is 3.53. The molecule has 2 saturated heterocycles. The molecular formula is C22H30N2O3. The van der Waals surface area contributed by atoms with Gasteiger partial charge in [-0.3, -0.25) is 9.69 Å². The van der Waals surface area contributed by atoms with Crippen LogP contribution in [0.1, 0.15) is 43.2 Å². The maximum atomic E-state index is 12.6. The van der Waals surface area contributed by atoms with Gasteiger partial charge in [-0.25, -0.2) is 0 Å². The van der Waals surface area contributed by atoms with Gasteiger partial charge in [-0.15, -0.1) is 0 Å². The first-order valence-electron chi connectivity index (χ1n) is 10.5. The highest BCUT2D eigenvalue weighted by Gasteiger charge is 2.43. The zero-order chi connectivity index (χ0) is 18.3. The van der Waals surface area contributed by atoms with Crippen molar-refractivity contribution in [2.24, 2.45) is 5.41 Å². The van der Waals surface area contributed by atoms with Crippen molar-refractivity contribution in [2.45, 2.75) is 56.8 Å². The molecule has 5 rings (SSSR count). The minimum atomic E-state index is -0.347. The van der Waals surface area contributed by atoms with Crippen molar-refractivity contribution in [3.63, 3.8) is 0 Å². The lowest BCUT2D eigenvalue weighted by Crippen LogP contribution is -2.46. The van der Waals surface area contributed by atoms with Gasteiger partial charge in [-0.2, -0.15) is 0 Å². The molecule has 146 valence electrons. The molecule has 2 spiro atoms. The fourth-order valence-electron chi connectivity index (χ4n) is 5.69. The van der Waals surface area contributed by atoms with Gasteiger partial charge in [-0.1, -0.05) is 24.3 Å². The Bertz CT molecular complexity index is 678. The highest BCUT2D eigenvalue weighted by molar-refractivity contribution is 5.78. The van der Waals surface area contributed by atoms with Crippen LogP contribution in [-0.4, -0.2) is 55.5 Å². The van der Waals surface area contributed by atoms with Gasteiger partial charge in [0.05, 0.1) is 19.8 Å². The third-order valence-electron chi connectivity index (χ3n) is 7.06. The Hall–Kier alpha value is -1.43. The molecular weight excluding hydrogens is 340 g/mol. The number of carbonyl (C=O) groups is 1. The van der Waals surface area contributed by atoms with Gasteiger partial charge in [0.1, 0.15) is 0 Å². The molecule has 1 aromatic rings.